The van der Waals surface area contributed by atoms with Crippen LogP contribution in [0.1, 0.15) is 11.1 Å². The summed E-state index contributed by atoms with van der Waals surface area (Å²) in [6.07, 6.45) is 1.58. The lowest BCUT2D eigenvalue weighted by Crippen LogP contribution is -2.02. The smallest absolute Gasteiger partial charge is 0.336 e. The van der Waals surface area contributed by atoms with Crippen molar-refractivity contribution in [2.45, 2.75) is 0 Å². The van der Waals surface area contributed by atoms with E-state index in [2.05, 4.69) is 0 Å². The number of hydrogen-bond acceptors (Lipinski definition) is 4. The van der Waals surface area contributed by atoms with Crippen LogP contribution in [0.25, 0.3) is 11.6 Å². The van der Waals surface area contributed by atoms with Crippen molar-refractivity contribution in [3.05, 3.63) is 53.6 Å². The Labute approximate surface area is 134 Å². The molecule has 0 aliphatic rings. The van der Waals surface area contributed by atoms with E-state index >= 15 is 0 Å². The van der Waals surface area contributed by atoms with Crippen molar-refractivity contribution in [2.24, 2.45) is 0 Å². The Morgan fingerprint density at radius 1 is 0.957 bits per heavy atom. The summed E-state index contributed by atoms with van der Waals surface area (Å²) in [6.45, 7) is 0. The number of benzene rings is 2. The summed E-state index contributed by atoms with van der Waals surface area (Å²) in [6, 6.07) is 12.2. The normalized spacial score (nSPS) is 11.0. The van der Waals surface area contributed by atoms with E-state index in [9.17, 15) is 9.90 Å². The second-order valence-electron chi connectivity index (χ2n) is 4.71. The summed E-state index contributed by atoms with van der Waals surface area (Å²) in [4.78, 5) is 11.7. The molecule has 0 aliphatic carbocycles. The van der Waals surface area contributed by atoms with Crippen molar-refractivity contribution in [3.8, 4) is 17.2 Å². The van der Waals surface area contributed by atoms with Crippen LogP contribution in [0.3, 0.4) is 0 Å². The van der Waals surface area contributed by atoms with Gasteiger partial charge in [0.1, 0.15) is 17.2 Å². The fourth-order valence-corrected chi connectivity index (χ4v) is 2.17. The highest BCUT2D eigenvalue weighted by Gasteiger charge is 2.16. The molecule has 2 rings (SSSR count). The van der Waals surface area contributed by atoms with Gasteiger partial charge in [0.15, 0.2) is 0 Å². The monoisotopic (exact) mass is 314 g/mol. The van der Waals surface area contributed by atoms with Gasteiger partial charge in [-0.2, -0.15) is 0 Å². The molecule has 0 saturated carbocycles. The molecular weight excluding hydrogens is 296 g/mol. The first kappa shape index (κ1) is 16.4. The van der Waals surface area contributed by atoms with Gasteiger partial charge in [0.2, 0.25) is 0 Å². The first-order valence-corrected chi connectivity index (χ1v) is 6.90. The topological polar surface area (TPSA) is 65.0 Å². The van der Waals surface area contributed by atoms with Crippen LogP contribution in [0.2, 0.25) is 0 Å². The number of hydrogen-bond donors (Lipinski definition) is 1. The molecule has 120 valence electrons. The molecule has 23 heavy (non-hydrogen) atoms. The van der Waals surface area contributed by atoms with Crippen LogP contribution in [0, 0.1) is 0 Å². The van der Waals surface area contributed by atoms with Crippen molar-refractivity contribution in [2.75, 3.05) is 21.3 Å². The van der Waals surface area contributed by atoms with Gasteiger partial charge in [-0.05, 0) is 35.9 Å². The fourth-order valence-electron chi connectivity index (χ4n) is 2.17. The average Bonchev–Trinajstić information content (AvgIpc) is 2.59. The van der Waals surface area contributed by atoms with E-state index in [1.54, 1.807) is 56.7 Å². The SMILES string of the molecule is COc1cccc(/C=C(\C(=O)O)c2ccc(OC)cc2OC)c1. The first-order chi connectivity index (χ1) is 11.1. The van der Waals surface area contributed by atoms with Crippen LogP contribution < -0.4 is 14.2 Å². The van der Waals surface area contributed by atoms with Crippen LogP contribution in [0.5, 0.6) is 17.2 Å². The molecule has 0 heterocycles. The van der Waals surface area contributed by atoms with E-state index in [0.717, 1.165) is 5.56 Å². The van der Waals surface area contributed by atoms with Crippen LogP contribution in [-0.2, 0) is 4.79 Å². The molecule has 2 aromatic carbocycles. The molecular formula is C18H18O5. The largest absolute Gasteiger partial charge is 0.497 e. The minimum atomic E-state index is -1.05. The van der Waals surface area contributed by atoms with Gasteiger partial charge < -0.3 is 19.3 Å². The maximum Gasteiger partial charge on any atom is 0.336 e. The predicted molar refractivity (Wildman–Crippen MR) is 88.0 cm³/mol. The lowest BCUT2D eigenvalue weighted by Gasteiger charge is -2.11. The summed E-state index contributed by atoms with van der Waals surface area (Å²) in [7, 11) is 4.59. The highest BCUT2D eigenvalue weighted by Crippen LogP contribution is 2.31. The maximum atomic E-state index is 11.7. The standard InChI is InChI=1S/C18H18O5/c1-21-13-6-4-5-12(9-13)10-16(18(19)20)15-8-7-14(22-2)11-17(15)23-3/h4-11H,1-3H3,(H,19,20)/b16-10-. The number of carbonyl (C=O) groups is 1. The molecule has 0 saturated heterocycles. The Kier molecular flexibility index (Phi) is 5.25. The van der Waals surface area contributed by atoms with E-state index in [4.69, 9.17) is 14.2 Å². The molecule has 5 nitrogen and oxygen atoms in total. The minimum Gasteiger partial charge on any atom is -0.497 e. The molecule has 0 unspecified atom stereocenters. The van der Waals surface area contributed by atoms with Gasteiger partial charge >= 0.3 is 5.97 Å². The molecule has 5 heteroatoms. The highest BCUT2D eigenvalue weighted by atomic mass is 16.5. The average molecular weight is 314 g/mol. The van der Waals surface area contributed by atoms with Gasteiger partial charge in [0, 0.05) is 11.6 Å². The summed E-state index contributed by atoms with van der Waals surface area (Å²) in [5, 5.41) is 9.57. The van der Waals surface area contributed by atoms with E-state index in [-0.39, 0.29) is 5.57 Å². The zero-order valence-electron chi connectivity index (χ0n) is 13.2. The fraction of sp³-hybridized carbons (Fsp3) is 0.167. The lowest BCUT2D eigenvalue weighted by atomic mass is 10.0. The Morgan fingerprint density at radius 2 is 1.65 bits per heavy atom. The second kappa shape index (κ2) is 7.35. The molecule has 0 fully saturated rings. The summed E-state index contributed by atoms with van der Waals surface area (Å²) in [5.74, 6) is 0.638. The third-order valence-corrected chi connectivity index (χ3v) is 3.33. The molecule has 0 spiro atoms. The Morgan fingerprint density at radius 3 is 2.26 bits per heavy atom. The number of ether oxygens (including phenoxy) is 3. The van der Waals surface area contributed by atoms with Gasteiger partial charge in [0.05, 0.1) is 26.9 Å². The van der Waals surface area contributed by atoms with E-state index in [0.29, 0.717) is 22.8 Å². The van der Waals surface area contributed by atoms with Gasteiger partial charge in [-0.15, -0.1) is 0 Å². The third-order valence-electron chi connectivity index (χ3n) is 3.33. The van der Waals surface area contributed by atoms with Crippen molar-refractivity contribution < 1.29 is 24.1 Å². The predicted octanol–water partition coefficient (Wildman–Crippen LogP) is 3.34. The number of carboxylic acid groups (broad SMARTS) is 1. The quantitative estimate of drug-likeness (QED) is 0.654. The summed E-state index contributed by atoms with van der Waals surface area (Å²) in [5.41, 5.74) is 1.32. The molecule has 1 N–H and O–H groups in total. The van der Waals surface area contributed by atoms with E-state index in [1.807, 2.05) is 6.07 Å². The van der Waals surface area contributed by atoms with Gasteiger partial charge in [-0.25, -0.2) is 4.79 Å². The number of aliphatic carboxylic acids is 1. The second-order valence-corrected chi connectivity index (χ2v) is 4.71. The zero-order valence-corrected chi connectivity index (χ0v) is 13.2. The first-order valence-electron chi connectivity index (χ1n) is 6.90. The molecule has 0 radical (unpaired) electrons. The number of rotatable bonds is 6. The summed E-state index contributed by atoms with van der Waals surface area (Å²) >= 11 is 0. The molecule has 0 atom stereocenters. The Balaban J connectivity index is 2.54. The van der Waals surface area contributed by atoms with Crippen LogP contribution in [0.4, 0.5) is 0 Å². The van der Waals surface area contributed by atoms with Crippen molar-refractivity contribution in [1.82, 2.24) is 0 Å². The third kappa shape index (κ3) is 3.83. The van der Waals surface area contributed by atoms with Crippen molar-refractivity contribution in [1.29, 1.82) is 0 Å². The molecule has 2 aromatic rings. The van der Waals surface area contributed by atoms with Gasteiger partial charge in [-0.3, -0.25) is 0 Å². The van der Waals surface area contributed by atoms with E-state index in [1.165, 1.54) is 7.11 Å². The summed E-state index contributed by atoms with van der Waals surface area (Å²) < 4.78 is 15.6. The number of carboxylic acids is 1. The molecule has 0 bridgehead atoms. The Bertz CT molecular complexity index is 734. The van der Waals surface area contributed by atoms with Gasteiger partial charge in [0.25, 0.3) is 0 Å². The highest BCUT2D eigenvalue weighted by molar-refractivity contribution is 6.21. The zero-order chi connectivity index (χ0) is 16.8. The van der Waals surface area contributed by atoms with Gasteiger partial charge in [-0.1, -0.05) is 12.1 Å². The van der Waals surface area contributed by atoms with Crippen LogP contribution in [-0.4, -0.2) is 32.4 Å². The van der Waals surface area contributed by atoms with Crippen molar-refractivity contribution in [3.63, 3.8) is 0 Å². The van der Waals surface area contributed by atoms with Crippen LogP contribution >= 0.6 is 0 Å². The van der Waals surface area contributed by atoms with E-state index < -0.39 is 5.97 Å². The molecule has 0 aliphatic heterocycles. The van der Waals surface area contributed by atoms with Crippen LogP contribution in [0.15, 0.2) is 42.5 Å². The Hall–Kier alpha value is -2.95. The maximum absolute atomic E-state index is 11.7. The lowest BCUT2D eigenvalue weighted by molar-refractivity contribution is -0.130. The molecule has 0 amide bonds. The number of methoxy groups -OCH3 is 3. The molecule has 0 aromatic heterocycles. The minimum absolute atomic E-state index is 0.123. The van der Waals surface area contributed by atoms with Crippen molar-refractivity contribution >= 4 is 17.6 Å².